The van der Waals surface area contributed by atoms with Gasteiger partial charge in [-0.15, -0.1) is 11.3 Å². The molecule has 5 nitrogen and oxygen atoms in total. The van der Waals surface area contributed by atoms with E-state index in [1.807, 2.05) is 41.9 Å². The average molecular weight is 298 g/mol. The molecule has 21 heavy (non-hydrogen) atoms. The number of nitrogens with one attached hydrogen (secondary N) is 1. The van der Waals surface area contributed by atoms with Crippen LogP contribution in [0.4, 0.5) is 5.13 Å². The third-order valence-electron chi connectivity index (χ3n) is 3.48. The van der Waals surface area contributed by atoms with Crippen LogP contribution >= 0.6 is 11.3 Å². The number of amides is 1. The lowest BCUT2D eigenvalue weighted by Crippen LogP contribution is -2.33. The van der Waals surface area contributed by atoms with Gasteiger partial charge in [-0.05, 0) is 13.0 Å². The minimum Gasteiger partial charge on any atom is -0.316 e. The summed E-state index contributed by atoms with van der Waals surface area (Å²) in [4.78, 5) is 17.9. The van der Waals surface area contributed by atoms with Gasteiger partial charge in [-0.3, -0.25) is 4.79 Å². The number of nitrogens with zero attached hydrogens (tertiary/aromatic N) is 3. The zero-order valence-corrected chi connectivity index (χ0v) is 12.1. The predicted molar refractivity (Wildman–Crippen MR) is 81.6 cm³/mol. The monoisotopic (exact) mass is 298 g/mol. The maximum atomic E-state index is 12.4. The smallest absolute Gasteiger partial charge is 0.246 e. The van der Waals surface area contributed by atoms with Crippen LogP contribution in [0, 0.1) is 17.4 Å². The maximum absolute atomic E-state index is 12.4. The molecular formula is C15H14N4OS. The highest BCUT2D eigenvalue weighted by Crippen LogP contribution is 2.28. The lowest BCUT2D eigenvalue weighted by Gasteiger charge is -2.14. The third kappa shape index (κ3) is 2.79. The number of benzene rings is 1. The molecule has 0 spiro atoms. The van der Waals surface area contributed by atoms with Crippen LogP contribution in [0.2, 0.25) is 0 Å². The fourth-order valence-electron chi connectivity index (χ4n) is 2.34. The molecule has 2 heterocycles. The molecule has 106 valence electrons. The van der Waals surface area contributed by atoms with E-state index in [4.69, 9.17) is 0 Å². The first-order chi connectivity index (χ1) is 10.3. The Hall–Kier alpha value is -2.23. The highest BCUT2D eigenvalue weighted by molar-refractivity contribution is 7.14. The van der Waals surface area contributed by atoms with Gasteiger partial charge in [0.1, 0.15) is 0 Å². The van der Waals surface area contributed by atoms with Crippen LogP contribution < -0.4 is 10.2 Å². The van der Waals surface area contributed by atoms with E-state index >= 15 is 0 Å². The molecule has 1 aliphatic rings. The molecule has 1 saturated heterocycles. The Morgan fingerprint density at radius 1 is 1.43 bits per heavy atom. The summed E-state index contributed by atoms with van der Waals surface area (Å²) in [5.41, 5.74) is 1.76. The second-order valence-electron chi connectivity index (χ2n) is 4.84. The largest absolute Gasteiger partial charge is 0.316 e. The number of hydrogen-bond acceptors (Lipinski definition) is 5. The molecule has 1 unspecified atom stereocenters. The third-order valence-corrected chi connectivity index (χ3v) is 4.31. The van der Waals surface area contributed by atoms with Gasteiger partial charge < -0.3 is 5.32 Å². The normalized spacial score (nSPS) is 17.4. The van der Waals surface area contributed by atoms with Crippen molar-refractivity contribution in [2.24, 2.45) is 5.92 Å². The van der Waals surface area contributed by atoms with E-state index in [1.54, 1.807) is 0 Å². The number of carbonyl (C=O) groups is 1. The number of carbonyl (C=O) groups excluding carboxylic acids is 1. The molecule has 0 saturated carbocycles. The molecule has 3 rings (SSSR count). The zero-order chi connectivity index (χ0) is 14.7. The van der Waals surface area contributed by atoms with Gasteiger partial charge in [0.25, 0.3) is 0 Å². The van der Waals surface area contributed by atoms with Gasteiger partial charge >= 0.3 is 0 Å². The first kappa shape index (κ1) is 13.7. The van der Waals surface area contributed by atoms with Gasteiger partial charge in [-0.1, -0.05) is 30.3 Å². The predicted octanol–water partition coefficient (Wildman–Crippen LogP) is 2.23. The van der Waals surface area contributed by atoms with Gasteiger partial charge in [0.05, 0.1) is 11.6 Å². The minimum atomic E-state index is -0.170. The van der Waals surface area contributed by atoms with Crippen molar-refractivity contribution >= 4 is 22.4 Å². The molecule has 1 aliphatic heterocycles. The van der Waals surface area contributed by atoms with Crippen molar-refractivity contribution in [3.05, 3.63) is 35.7 Å². The van der Waals surface area contributed by atoms with E-state index in [0.29, 0.717) is 11.7 Å². The zero-order valence-electron chi connectivity index (χ0n) is 11.3. The molecule has 1 amide bonds. The van der Waals surface area contributed by atoms with E-state index in [0.717, 1.165) is 29.1 Å². The van der Waals surface area contributed by atoms with Crippen molar-refractivity contribution in [2.75, 3.05) is 18.0 Å². The first-order valence-electron chi connectivity index (χ1n) is 6.75. The summed E-state index contributed by atoms with van der Waals surface area (Å²) < 4.78 is 0. The molecule has 1 atom stereocenters. The number of thiazole rings is 1. The van der Waals surface area contributed by atoms with Crippen molar-refractivity contribution in [2.45, 2.75) is 6.42 Å². The second-order valence-corrected chi connectivity index (χ2v) is 5.68. The molecule has 2 aromatic rings. The summed E-state index contributed by atoms with van der Waals surface area (Å²) in [5.74, 6) is -0.301. The van der Waals surface area contributed by atoms with E-state index < -0.39 is 0 Å². The fourth-order valence-corrected chi connectivity index (χ4v) is 3.14. The standard InChI is InChI=1S/C15H14N4OS/c16-10-19(14(20)12-6-7-17-8-12)15-18-13(9-21-15)11-4-2-1-3-5-11/h1-5,9,12,17H,6-8H2. The van der Waals surface area contributed by atoms with Crippen molar-refractivity contribution in [1.29, 1.82) is 5.26 Å². The lowest BCUT2D eigenvalue weighted by molar-refractivity contribution is -0.121. The number of nitriles is 1. The Labute approximate surface area is 126 Å². The number of rotatable bonds is 3. The summed E-state index contributed by atoms with van der Waals surface area (Å²) in [7, 11) is 0. The lowest BCUT2D eigenvalue weighted by atomic mass is 10.1. The maximum Gasteiger partial charge on any atom is 0.246 e. The van der Waals surface area contributed by atoms with Gasteiger partial charge in [0.15, 0.2) is 6.19 Å². The van der Waals surface area contributed by atoms with Crippen LogP contribution in [0.5, 0.6) is 0 Å². The van der Waals surface area contributed by atoms with Gasteiger partial charge in [-0.25, -0.2) is 4.98 Å². The summed E-state index contributed by atoms with van der Waals surface area (Å²) in [6.07, 6.45) is 2.74. The minimum absolute atomic E-state index is 0.131. The number of anilines is 1. The Bertz CT molecular complexity index is 670. The van der Waals surface area contributed by atoms with Crippen LogP contribution in [0.1, 0.15) is 6.42 Å². The average Bonchev–Trinajstić information content (AvgIpc) is 3.21. The Kier molecular flexibility index (Phi) is 3.95. The molecule has 0 bridgehead atoms. The summed E-state index contributed by atoms with van der Waals surface area (Å²) >= 11 is 1.32. The van der Waals surface area contributed by atoms with Crippen LogP contribution in [-0.2, 0) is 4.79 Å². The van der Waals surface area contributed by atoms with Gasteiger partial charge in [0.2, 0.25) is 11.0 Å². The van der Waals surface area contributed by atoms with Crippen LogP contribution in [0.15, 0.2) is 35.7 Å². The highest BCUT2D eigenvalue weighted by atomic mass is 32.1. The molecule has 0 aliphatic carbocycles. The van der Waals surface area contributed by atoms with Crippen molar-refractivity contribution in [1.82, 2.24) is 10.3 Å². The summed E-state index contributed by atoms with van der Waals surface area (Å²) in [5, 5.41) is 14.7. The molecule has 0 radical (unpaired) electrons. The molecule has 1 fully saturated rings. The molecular weight excluding hydrogens is 284 g/mol. The van der Waals surface area contributed by atoms with Gasteiger partial charge in [-0.2, -0.15) is 10.2 Å². The Balaban J connectivity index is 1.84. The van der Waals surface area contributed by atoms with Crippen LogP contribution in [0.3, 0.4) is 0 Å². The van der Waals surface area contributed by atoms with E-state index in [9.17, 15) is 10.1 Å². The quantitative estimate of drug-likeness (QED) is 0.697. The first-order valence-corrected chi connectivity index (χ1v) is 7.63. The van der Waals surface area contributed by atoms with Crippen molar-refractivity contribution in [3.8, 4) is 17.5 Å². The Morgan fingerprint density at radius 2 is 2.24 bits per heavy atom. The number of hydrogen-bond donors (Lipinski definition) is 1. The molecule has 6 heteroatoms. The topological polar surface area (TPSA) is 69.0 Å². The molecule has 1 aromatic carbocycles. The van der Waals surface area contributed by atoms with E-state index in [2.05, 4.69) is 10.3 Å². The second kappa shape index (κ2) is 6.04. The van der Waals surface area contributed by atoms with E-state index in [-0.39, 0.29) is 11.8 Å². The molecule has 1 N–H and O–H groups in total. The van der Waals surface area contributed by atoms with Gasteiger partial charge in [0, 0.05) is 17.5 Å². The molecule has 1 aromatic heterocycles. The van der Waals surface area contributed by atoms with Crippen molar-refractivity contribution < 1.29 is 4.79 Å². The van der Waals surface area contributed by atoms with Crippen LogP contribution in [0.25, 0.3) is 11.3 Å². The highest BCUT2D eigenvalue weighted by Gasteiger charge is 2.29. The van der Waals surface area contributed by atoms with Crippen LogP contribution in [-0.4, -0.2) is 24.0 Å². The SMILES string of the molecule is N#CN(C(=O)C1CCNC1)c1nc(-c2ccccc2)cs1. The summed E-state index contributed by atoms with van der Waals surface area (Å²) in [6, 6.07) is 9.73. The van der Waals surface area contributed by atoms with Crippen molar-refractivity contribution in [3.63, 3.8) is 0 Å². The van der Waals surface area contributed by atoms with E-state index in [1.165, 1.54) is 11.3 Å². The number of aromatic nitrogens is 1. The Morgan fingerprint density at radius 3 is 2.90 bits per heavy atom. The fraction of sp³-hybridized carbons (Fsp3) is 0.267. The summed E-state index contributed by atoms with van der Waals surface area (Å²) in [6.45, 7) is 1.46.